The van der Waals surface area contributed by atoms with Gasteiger partial charge in [-0.05, 0) is 121 Å². The predicted octanol–water partition coefficient (Wildman–Crippen LogP) is 13.2. The SMILES string of the molecule is CC(C)S[C@@H]1O[C@H](CO[C@@H]2O[C@H](COC(=O)c3ccccc3)[C@H](OC(=O)c3ccccc3)[C@H](OC(=O)c3ccccc3)[C@H]2OC(=O)c2ccccc2)[C@H](OC(=O)c2ccccc2)[C@H](O[C@@H]2O[C@H](COC(=O)c3ccccc3)[C@H](OC(=O)c3ccccc3)[C@H](OC(=O)c3ccccc3)[C@H]2OC(=O)c2ccccc2)[C@H]1OC(=O)c1ccccc1. The lowest BCUT2D eigenvalue weighted by molar-refractivity contribution is -0.339. The van der Waals surface area contributed by atoms with E-state index in [9.17, 15) is 28.8 Å². The van der Waals surface area contributed by atoms with Crippen LogP contribution in [0.3, 0.4) is 0 Å². The molecule has 0 amide bonds. The molecule has 0 aromatic heterocycles. The zero-order chi connectivity index (χ0) is 81.6. The largest absolute Gasteiger partial charge is 0.459 e. The third-order valence-electron chi connectivity index (χ3n) is 18.7. The topological polar surface area (TPSA) is 309 Å². The quantitative estimate of drug-likeness (QED) is 0.0310. The van der Waals surface area contributed by atoms with Crippen molar-refractivity contribution in [2.45, 2.75) is 110 Å². The lowest BCUT2D eigenvalue weighted by Gasteiger charge is -2.49. The molecule has 15 atom stereocenters. The van der Waals surface area contributed by atoms with Gasteiger partial charge in [0.05, 0.1) is 62.2 Å². The van der Waals surface area contributed by atoms with Gasteiger partial charge >= 0.3 is 59.7 Å². The van der Waals surface area contributed by atoms with Crippen molar-refractivity contribution in [2.75, 3.05) is 19.8 Å². The monoisotopic (exact) mass is 1600 g/mol. The number of thioether (sulfide) groups is 1. The number of hydrogen-bond donors (Lipinski definition) is 0. The number of rotatable bonds is 29. The van der Waals surface area contributed by atoms with Crippen molar-refractivity contribution < 1.29 is 119 Å². The molecule has 0 saturated carbocycles. The van der Waals surface area contributed by atoms with Gasteiger partial charge in [0.1, 0.15) is 43.1 Å². The van der Waals surface area contributed by atoms with E-state index in [1.165, 1.54) is 121 Å². The average molecular weight is 1600 g/mol. The molecule has 0 bridgehead atoms. The summed E-state index contributed by atoms with van der Waals surface area (Å²) >= 11 is 1.08. The first-order valence-corrected chi connectivity index (χ1v) is 38.4. The number of benzene rings is 10. The molecule has 0 N–H and O–H groups in total. The van der Waals surface area contributed by atoms with Crippen LogP contribution in [-0.4, -0.2) is 176 Å². The fraction of sp³-hybridized carbons (Fsp3) is 0.231. The van der Waals surface area contributed by atoms with Gasteiger partial charge < -0.3 is 71.1 Å². The molecule has 0 spiro atoms. The Bertz CT molecular complexity index is 4990. The normalized spacial score (nSPS) is 22.7. The minimum absolute atomic E-state index is 0.00599. The van der Waals surface area contributed by atoms with Crippen LogP contribution in [0.2, 0.25) is 0 Å². The minimum atomic E-state index is -2.21. The predicted molar refractivity (Wildman–Crippen MR) is 418 cm³/mol. The Labute approximate surface area is 676 Å². The van der Waals surface area contributed by atoms with E-state index in [2.05, 4.69) is 0 Å². The molecule has 13 rings (SSSR count). The molecule has 10 aromatic carbocycles. The van der Waals surface area contributed by atoms with Gasteiger partial charge in [-0.25, -0.2) is 47.9 Å². The maximum absolute atomic E-state index is 15.4. The molecular formula is C91H78O25S. The minimum Gasteiger partial charge on any atom is -0.459 e. The molecule has 3 saturated heterocycles. The molecule has 26 heteroatoms. The highest BCUT2D eigenvalue weighted by Gasteiger charge is 2.60. The Morgan fingerprint density at radius 3 is 0.735 bits per heavy atom. The Balaban J connectivity index is 0.974. The van der Waals surface area contributed by atoms with Crippen molar-refractivity contribution in [3.63, 3.8) is 0 Å². The van der Waals surface area contributed by atoms with Gasteiger partial charge in [-0.1, -0.05) is 196 Å². The summed E-state index contributed by atoms with van der Waals surface area (Å²) in [5.41, 5.74) is -1.46. The summed E-state index contributed by atoms with van der Waals surface area (Å²) in [6.07, 6.45) is -27.1. The fourth-order valence-corrected chi connectivity index (χ4v) is 14.1. The second-order valence-corrected chi connectivity index (χ2v) is 28.7. The van der Waals surface area contributed by atoms with E-state index in [4.69, 9.17) is 71.1 Å². The Morgan fingerprint density at radius 1 is 0.248 bits per heavy atom. The molecule has 3 fully saturated rings. The van der Waals surface area contributed by atoms with Crippen molar-refractivity contribution in [3.8, 4) is 0 Å². The molecule has 3 aliphatic rings. The number of carbonyl (C=O) groups is 10. The van der Waals surface area contributed by atoms with Crippen molar-refractivity contribution in [1.29, 1.82) is 0 Å². The number of hydrogen-bond acceptors (Lipinski definition) is 26. The van der Waals surface area contributed by atoms with E-state index in [1.807, 2.05) is 0 Å². The summed E-state index contributed by atoms with van der Waals surface area (Å²) < 4.78 is 99.2. The molecule has 117 heavy (non-hydrogen) atoms. The lowest BCUT2D eigenvalue weighted by Crippen LogP contribution is -2.67. The van der Waals surface area contributed by atoms with Crippen LogP contribution in [0.25, 0.3) is 0 Å². The van der Waals surface area contributed by atoms with E-state index < -0.39 is 176 Å². The summed E-state index contributed by atoms with van der Waals surface area (Å²) in [6, 6.07) is 77.1. The number of ether oxygens (including phenoxy) is 15. The smallest absolute Gasteiger partial charge is 0.338 e. The second kappa shape index (κ2) is 39.9. The molecule has 0 unspecified atom stereocenters. The zero-order valence-electron chi connectivity index (χ0n) is 62.8. The van der Waals surface area contributed by atoms with Crippen molar-refractivity contribution >= 4 is 71.5 Å². The summed E-state index contributed by atoms with van der Waals surface area (Å²) in [5.74, 6) is -10.0. The molecule has 0 aliphatic carbocycles. The van der Waals surface area contributed by atoms with Gasteiger partial charge in [-0.3, -0.25) is 0 Å². The van der Waals surface area contributed by atoms with Crippen molar-refractivity contribution in [1.82, 2.24) is 0 Å². The molecule has 598 valence electrons. The second-order valence-electron chi connectivity index (χ2n) is 27.1. The van der Waals surface area contributed by atoms with Crippen LogP contribution in [0, 0.1) is 0 Å². The van der Waals surface area contributed by atoms with Crippen molar-refractivity contribution in [3.05, 3.63) is 359 Å². The summed E-state index contributed by atoms with van der Waals surface area (Å²) in [5, 5.41) is -0.451. The number of esters is 10. The molecular weight excluding hydrogens is 1530 g/mol. The fourth-order valence-electron chi connectivity index (χ4n) is 13.0. The van der Waals surface area contributed by atoms with Gasteiger partial charge in [-0.15, -0.1) is 11.8 Å². The summed E-state index contributed by atoms with van der Waals surface area (Å²) in [6.45, 7) is 1.12. The first kappa shape index (κ1) is 82.0. The van der Waals surface area contributed by atoms with Crippen LogP contribution in [0.5, 0.6) is 0 Å². The molecule has 3 heterocycles. The standard InChI is InChI=1S/C91H78O25S/c1-56(2)117-91-78(115-88(101)66-51-31-12-32-52-66)75(116-90-77(114-87(100)65-49-29-11-30-50-65)74(112-85(98)63-45-25-9-26-46-63)71(109-82(95)60-39-19-6-20-40-60)68(106-90)54-103-80(93)58-35-15-4-16-36-58)72(110-83(96)61-41-21-7-22-42-61)69(107-91)55-104-89-76(113-86(99)64-47-27-10-28-48-64)73(111-84(97)62-43-23-8-24-44-62)70(108-81(94)59-37-17-5-18-38-59)67(105-89)53-102-79(92)57-33-13-3-14-34-57/h3-52,56,67-78,89-91H,53-55H2,1-2H3/t67-,68-,69-,70+,71+,72+,73+,74+,75+,76-,77-,78-,89-,90+,91+/m1/s1. The van der Waals surface area contributed by atoms with E-state index in [1.54, 1.807) is 196 Å². The maximum Gasteiger partial charge on any atom is 0.338 e. The lowest BCUT2D eigenvalue weighted by atomic mass is 9.95. The van der Waals surface area contributed by atoms with Crippen molar-refractivity contribution in [2.24, 2.45) is 0 Å². The van der Waals surface area contributed by atoms with Crippen LogP contribution in [0.1, 0.15) is 117 Å². The average Bonchev–Trinajstić information content (AvgIpc) is 0.760. The molecule has 0 radical (unpaired) electrons. The molecule has 3 aliphatic heterocycles. The highest BCUT2D eigenvalue weighted by molar-refractivity contribution is 8.00. The van der Waals surface area contributed by atoms with E-state index in [0.717, 1.165) is 11.8 Å². The van der Waals surface area contributed by atoms with Gasteiger partial charge in [0.25, 0.3) is 0 Å². The summed E-state index contributed by atoms with van der Waals surface area (Å²) in [7, 11) is 0. The van der Waals surface area contributed by atoms with Crippen LogP contribution >= 0.6 is 11.8 Å². The van der Waals surface area contributed by atoms with E-state index >= 15 is 19.2 Å². The third-order valence-corrected chi connectivity index (χ3v) is 19.9. The Morgan fingerprint density at radius 2 is 0.462 bits per heavy atom. The maximum atomic E-state index is 15.4. The van der Waals surface area contributed by atoms with Crippen LogP contribution < -0.4 is 0 Å². The van der Waals surface area contributed by atoms with Gasteiger partial charge in [0.2, 0.25) is 0 Å². The van der Waals surface area contributed by atoms with E-state index in [0.29, 0.717) is 0 Å². The first-order chi connectivity index (χ1) is 57.0. The van der Waals surface area contributed by atoms with Gasteiger partial charge in [0, 0.05) is 5.25 Å². The molecule has 25 nitrogen and oxygen atoms in total. The summed E-state index contributed by atoms with van der Waals surface area (Å²) in [4.78, 5) is 148. The first-order valence-electron chi connectivity index (χ1n) is 37.4. The van der Waals surface area contributed by atoms with Crippen LogP contribution in [0.15, 0.2) is 303 Å². The highest BCUT2D eigenvalue weighted by atomic mass is 32.2. The van der Waals surface area contributed by atoms with Gasteiger partial charge in [-0.2, -0.15) is 0 Å². The third kappa shape index (κ3) is 21.3. The number of carbonyl (C=O) groups excluding carboxylic acids is 10. The van der Waals surface area contributed by atoms with Crippen LogP contribution in [0.4, 0.5) is 0 Å². The molecule has 10 aromatic rings. The highest BCUT2D eigenvalue weighted by Crippen LogP contribution is 2.42. The van der Waals surface area contributed by atoms with Crippen LogP contribution in [-0.2, 0) is 71.1 Å². The zero-order valence-corrected chi connectivity index (χ0v) is 63.7. The van der Waals surface area contributed by atoms with Gasteiger partial charge in [0.15, 0.2) is 61.4 Å². The Kier molecular flexibility index (Phi) is 28.0. The van der Waals surface area contributed by atoms with E-state index in [-0.39, 0.29) is 55.6 Å². The Hall–Kier alpha value is -13.0.